The van der Waals surface area contributed by atoms with Gasteiger partial charge in [-0.05, 0) is 29.8 Å². The fraction of sp³-hybridized carbons (Fsp3) is 0. The van der Waals surface area contributed by atoms with E-state index in [1.165, 1.54) is 4.52 Å². The van der Waals surface area contributed by atoms with E-state index in [1.807, 2.05) is 6.07 Å². The van der Waals surface area contributed by atoms with Crippen LogP contribution in [0.5, 0.6) is 0 Å². The number of nitrogens with zero attached hydrogens (tertiary/aromatic N) is 4. The van der Waals surface area contributed by atoms with E-state index >= 15 is 0 Å². The van der Waals surface area contributed by atoms with Crippen molar-refractivity contribution in [3.63, 3.8) is 0 Å². The summed E-state index contributed by atoms with van der Waals surface area (Å²) in [5.74, 6) is -1.15. The summed E-state index contributed by atoms with van der Waals surface area (Å²) < 4.78 is 1.19. The van der Waals surface area contributed by atoms with E-state index < -0.39 is 5.97 Å². The molecule has 0 fully saturated rings. The number of fused-ring (bicyclic) bond motifs is 1. The first-order valence-electron chi connectivity index (χ1n) is 5.99. The number of aromatic nitrogens is 3. The molecule has 3 aromatic rings. The first-order valence-corrected chi connectivity index (χ1v) is 5.99. The molecule has 0 radical (unpaired) electrons. The molecule has 21 heavy (non-hydrogen) atoms. The Bertz CT molecular complexity index is 907. The topological polar surface area (TPSA) is 117 Å². The summed E-state index contributed by atoms with van der Waals surface area (Å²) in [5.41, 5.74) is 7.32. The van der Waals surface area contributed by atoms with Crippen molar-refractivity contribution in [2.45, 2.75) is 0 Å². The van der Waals surface area contributed by atoms with Crippen LogP contribution in [0.1, 0.15) is 16.1 Å². The fourth-order valence-electron chi connectivity index (χ4n) is 2.16. The Balaban J connectivity index is 2.34. The minimum absolute atomic E-state index is 0.000394. The van der Waals surface area contributed by atoms with Crippen LogP contribution in [-0.2, 0) is 0 Å². The van der Waals surface area contributed by atoms with Crippen molar-refractivity contribution in [2.24, 2.45) is 0 Å². The molecular weight excluding hydrogens is 270 g/mol. The van der Waals surface area contributed by atoms with Crippen molar-refractivity contribution in [3.8, 4) is 17.2 Å². The third-order valence-electron chi connectivity index (χ3n) is 3.02. The molecule has 7 nitrogen and oxygen atoms in total. The van der Waals surface area contributed by atoms with E-state index in [-0.39, 0.29) is 11.6 Å². The number of anilines is 1. The average molecular weight is 279 g/mol. The zero-order valence-corrected chi connectivity index (χ0v) is 10.7. The Hall–Kier alpha value is -3.40. The van der Waals surface area contributed by atoms with Gasteiger partial charge in [0.2, 0.25) is 5.95 Å². The molecule has 0 spiro atoms. The first-order chi connectivity index (χ1) is 10.1. The number of carboxylic acids is 1. The van der Waals surface area contributed by atoms with Crippen LogP contribution in [0, 0.1) is 11.3 Å². The van der Waals surface area contributed by atoms with Gasteiger partial charge in [-0.2, -0.15) is 10.2 Å². The summed E-state index contributed by atoms with van der Waals surface area (Å²) in [7, 11) is 0. The second-order valence-corrected chi connectivity index (χ2v) is 4.33. The van der Waals surface area contributed by atoms with Gasteiger partial charge < -0.3 is 10.8 Å². The second kappa shape index (κ2) is 4.61. The number of nitriles is 1. The molecule has 3 rings (SSSR count). The number of hydrogen-bond acceptors (Lipinski definition) is 5. The summed E-state index contributed by atoms with van der Waals surface area (Å²) in [6, 6.07) is 12.0. The summed E-state index contributed by atoms with van der Waals surface area (Å²) in [5, 5.41) is 22.3. The predicted octanol–water partition coefficient (Wildman–Crippen LogP) is 1.55. The highest BCUT2D eigenvalue weighted by Crippen LogP contribution is 2.25. The Morgan fingerprint density at radius 3 is 2.86 bits per heavy atom. The van der Waals surface area contributed by atoms with E-state index in [1.54, 1.807) is 36.4 Å². The second-order valence-electron chi connectivity index (χ2n) is 4.33. The number of benzene rings is 1. The van der Waals surface area contributed by atoms with Gasteiger partial charge in [-0.25, -0.2) is 9.31 Å². The molecule has 0 aliphatic rings. The standard InChI is InChI=1S/C14H9N5O2/c15-7-8-2-1-3-9(6-8)10-4-5-11-17-14(16)18-19(11)12(10)13(20)21/h1-6H,(H2,16,18)(H,20,21). The van der Waals surface area contributed by atoms with Gasteiger partial charge in [-0.3, -0.25) is 0 Å². The van der Waals surface area contributed by atoms with Crippen LogP contribution in [0.25, 0.3) is 16.8 Å². The van der Waals surface area contributed by atoms with Gasteiger partial charge >= 0.3 is 5.97 Å². The van der Waals surface area contributed by atoms with Crippen molar-refractivity contribution in [1.82, 2.24) is 14.6 Å². The maximum Gasteiger partial charge on any atom is 0.355 e. The summed E-state index contributed by atoms with van der Waals surface area (Å²) in [4.78, 5) is 15.5. The zero-order valence-electron chi connectivity index (χ0n) is 10.7. The van der Waals surface area contributed by atoms with Crippen LogP contribution < -0.4 is 5.73 Å². The summed E-state index contributed by atoms with van der Waals surface area (Å²) >= 11 is 0. The number of nitrogens with two attached hydrogens (primary N) is 1. The van der Waals surface area contributed by atoms with Crippen molar-refractivity contribution < 1.29 is 9.90 Å². The fourth-order valence-corrected chi connectivity index (χ4v) is 2.16. The predicted molar refractivity (Wildman–Crippen MR) is 74.5 cm³/mol. The molecule has 0 amide bonds. The van der Waals surface area contributed by atoms with Crippen molar-refractivity contribution in [1.29, 1.82) is 5.26 Å². The van der Waals surface area contributed by atoms with Gasteiger partial charge in [-0.15, -0.1) is 5.10 Å². The van der Waals surface area contributed by atoms with E-state index in [0.29, 0.717) is 22.3 Å². The number of carbonyl (C=O) groups is 1. The molecule has 3 N–H and O–H groups in total. The molecule has 7 heteroatoms. The first kappa shape index (κ1) is 12.6. The molecule has 1 aromatic carbocycles. The highest BCUT2D eigenvalue weighted by atomic mass is 16.4. The quantitative estimate of drug-likeness (QED) is 0.734. The molecule has 102 valence electrons. The minimum atomic E-state index is -1.15. The Morgan fingerprint density at radius 2 is 2.14 bits per heavy atom. The number of carboxylic acid groups (broad SMARTS) is 1. The smallest absolute Gasteiger partial charge is 0.355 e. The maximum atomic E-state index is 11.6. The maximum absolute atomic E-state index is 11.6. The molecule has 0 bridgehead atoms. The van der Waals surface area contributed by atoms with Gasteiger partial charge in [0.15, 0.2) is 11.3 Å². The van der Waals surface area contributed by atoms with Gasteiger partial charge in [-0.1, -0.05) is 12.1 Å². The molecule has 2 aromatic heterocycles. The highest BCUT2D eigenvalue weighted by Gasteiger charge is 2.18. The third kappa shape index (κ3) is 2.04. The average Bonchev–Trinajstić information content (AvgIpc) is 2.86. The lowest BCUT2D eigenvalue weighted by Crippen LogP contribution is -2.09. The summed E-state index contributed by atoms with van der Waals surface area (Å²) in [6.07, 6.45) is 0. The zero-order chi connectivity index (χ0) is 15.0. The Kier molecular flexibility index (Phi) is 2.77. The molecule has 0 unspecified atom stereocenters. The van der Waals surface area contributed by atoms with Gasteiger partial charge in [0.1, 0.15) is 0 Å². The normalized spacial score (nSPS) is 10.4. The molecule has 0 saturated heterocycles. The van der Waals surface area contributed by atoms with E-state index in [2.05, 4.69) is 10.1 Å². The van der Waals surface area contributed by atoms with Crippen molar-refractivity contribution in [3.05, 3.63) is 47.7 Å². The van der Waals surface area contributed by atoms with Crippen LogP contribution in [-0.4, -0.2) is 25.7 Å². The minimum Gasteiger partial charge on any atom is -0.476 e. The number of hydrogen-bond donors (Lipinski definition) is 2. The Labute approximate surface area is 118 Å². The number of rotatable bonds is 2. The number of nitrogen functional groups attached to an aromatic ring is 1. The van der Waals surface area contributed by atoms with Crippen molar-refractivity contribution >= 4 is 17.6 Å². The van der Waals surface area contributed by atoms with E-state index in [0.717, 1.165) is 0 Å². The lowest BCUT2D eigenvalue weighted by atomic mass is 10.0. The molecule has 0 atom stereocenters. The van der Waals surface area contributed by atoms with Gasteiger partial charge in [0, 0.05) is 5.56 Å². The number of pyridine rings is 1. The lowest BCUT2D eigenvalue weighted by molar-refractivity contribution is 0.0688. The van der Waals surface area contributed by atoms with Crippen LogP contribution >= 0.6 is 0 Å². The van der Waals surface area contributed by atoms with E-state index in [4.69, 9.17) is 11.0 Å². The molecule has 2 heterocycles. The SMILES string of the molecule is N#Cc1cccc(-c2ccc3nc(N)nn3c2C(=O)O)c1. The monoisotopic (exact) mass is 279 g/mol. The largest absolute Gasteiger partial charge is 0.476 e. The van der Waals surface area contributed by atoms with Crippen LogP contribution in [0.4, 0.5) is 5.95 Å². The van der Waals surface area contributed by atoms with Crippen LogP contribution in [0.2, 0.25) is 0 Å². The van der Waals surface area contributed by atoms with E-state index in [9.17, 15) is 9.90 Å². The molecule has 0 aliphatic carbocycles. The molecule has 0 saturated carbocycles. The lowest BCUT2D eigenvalue weighted by Gasteiger charge is -2.08. The van der Waals surface area contributed by atoms with Gasteiger partial charge in [0.05, 0.1) is 11.6 Å². The number of aromatic carboxylic acids is 1. The van der Waals surface area contributed by atoms with Crippen molar-refractivity contribution in [2.75, 3.05) is 5.73 Å². The highest BCUT2D eigenvalue weighted by molar-refractivity contribution is 5.95. The molecule has 0 aliphatic heterocycles. The van der Waals surface area contributed by atoms with Gasteiger partial charge in [0.25, 0.3) is 0 Å². The third-order valence-corrected chi connectivity index (χ3v) is 3.02. The van der Waals surface area contributed by atoms with Crippen LogP contribution in [0.15, 0.2) is 36.4 Å². The summed E-state index contributed by atoms with van der Waals surface area (Å²) in [6.45, 7) is 0. The molecular formula is C14H9N5O2. The Morgan fingerprint density at radius 1 is 1.33 bits per heavy atom. The van der Waals surface area contributed by atoms with Crippen LogP contribution in [0.3, 0.4) is 0 Å².